The second-order valence-electron chi connectivity index (χ2n) is 5.58. The number of rotatable bonds is 6. The molecule has 0 spiro atoms. The highest BCUT2D eigenvalue weighted by Crippen LogP contribution is 2.31. The first-order chi connectivity index (χ1) is 11.3. The fourth-order valence-electron chi connectivity index (χ4n) is 2.55. The van der Waals surface area contributed by atoms with Gasteiger partial charge in [-0.1, -0.05) is 6.07 Å². The van der Waals surface area contributed by atoms with E-state index in [1.165, 1.54) is 26.2 Å². The van der Waals surface area contributed by atoms with Gasteiger partial charge in [-0.2, -0.15) is 4.31 Å². The SMILES string of the molecule is COc1ccc(CNC(C)=O)cc1S(=O)(=O)N1CCC(C(=O)O)C1. The van der Waals surface area contributed by atoms with Crippen LogP contribution < -0.4 is 10.1 Å². The molecule has 1 aliphatic heterocycles. The summed E-state index contributed by atoms with van der Waals surface area (Å²) in [5.41, 5.74) is 0.610. The third-order valence-electron chi connectivity index (χ3n) is 3.89. The topological polar surface area (TPSA) is 113 Å². The van der Waals surface area contributed by atoms with Crippen molar-refractivity contribution >= 4 is 21.9 Å². The molecule has 9 heteroatoms. The minimum atomic E-state index is -3.88. The molecule has 24 heavy (non-hydrogen) atoms. The average molecular weight is 356 g/mol. The third kappa shape index (κ3) is 3.85. The molecule has 8 nitrogen and oxygen atoms in total. The van der Waals surface area contributed by atoms with Crippen LogP contribution in [0.4, 0.5) is 0 Å². The number of carbonyl (C=O) groups excluding carboxylic acids is 1. The normalized spacial score (nSPS) is 18.3. The fraction of sp³-hybridized carbons (Fsp3) is 0.467. The van der Waals surface area contributed by atoms with Crippen molar-refractivity contribution in [3.63, 3.8) is 0 Å². The molecule has 132 valence electrons. The molecule has 1 atom stereocenters. The Morgan fingerprint density at radius 1 is 1.42 bits per heavy atom. The highest BCUT2D eigenvalue weighted by Gasteiger charge is 2.37. The van der Waals surface area contributed by atoms with Crippen molar-refractivity contribution in [2.75, 3.05) is 20.2 Å². The van der Waals surface area contributed by atoms with Crippen LogP contribution in [0.25, 0.3) is 0 Å². The summed E-state index contributed by atoms with van der Waals surface area (Å²) in [7, 11) is -2.51. The van der Waals surface area contributed by atoms with Gasteiger partial charge in [-0.15, -0.1) is 0 Å². The Balaban J connectivity index is 2.32. The van der Waals surface area contributed by atoms with Crippen LogP contribution in [0.2, 0.25) is 0 Å². The monoisotopic (exact) mass is 356 g/mol. The summed E-state index contributed by atoms with van der Waals surface area (Å²) < 4.78 is 32.0. The maximum atomic E-state index is 12.8. The lowest BCUT2D eigenvalue weighted by Gasteiger charge is -2.18. The molecule has 2 rings (SSSR count). The molecule has 1 aromatic rings. The molecular formula is C15H20N2O6S. The van der Waals surface area contributed by atoms with Crippen molar-refractivity contribution in [1.29, 1.82) is 0 Å². The Kier molecular flexibility index (Phi) is 5.45. The molecule has 0 radical (unpaired) electrons. The summed E-state index contributed by atoms with van der Waals surface area (Å²) in [6.07, 6.45) is 0.280. The van der Waals surface area contributed by atoms with Crippen molar-refractivity contribution in [2.24, 2.45) is 5.92 Å². The predicted octanol–water partition coefficient (Wildman–Crippen LogP) is 0.426. The number of benzene rings is 1. The number of amides is 1. The van der Waals surface area contributed by atoms with Gasteiger partial charge in [-0.3, -0.25) is 9.59 Å². The lowest BCUT2D eigenvalue weighted by molar-refractivity contribution is -0.141. The molecule has 0 saturated carbocycles. The highest BCUT2D eigenvalue weighted by molar-refractivity contribution is 7.89. The lowest BCUT2D eigenvalue weighted by atomic mass is 10.1. The van der Waals surface area contributed by atoms with Gasteiger partial charge in [0.05, 0.1) is 13.0 Å². The number of carboxylic acid groups (broad SMARTS) is 1. The van der Waals surface area contributed by atoms with Gasteiger partial charge in [0.2, 0.25) is 15.9 Å². The molecule has 1 heterocycles. The van der Waals surface area contributed by atoms with Crippen LogP contribution in [0, 0.1) is 5.92 Å². The standard InChI is InChI=1S/C15H20N2O6S/c1-10(18)16-8-11-3-4-13(23-2)14(7-11)24(21,22)17-6-5-12(9-17)15(19)20/h3-4,7,12H,5-6,8-9H2,1-2H3,(H,16,18)(H,19,20). The van der Waals surface area contributed by atoms with Crippen LogP contribution in [-0.2, 0) is 26.2 Å². The maximum absolute atomic E-state index is 12.8. The van der Waals surface area contributed by atoms with Crippen LogP contribution in [0.5, 0.6) is 5.75 Å². The van der Waals surface area contributed by atoms with E-state index < -0.39 is 21.9 Å². The van der Waals surface area contributed by atoms with Gasteiger partial charge in [-0.25, -0.2) is 8.42 Å². The number of carbonyl (C=O) groups is 2. The Morgan fingerprint density at radius 3 is 2.67 bits per heavy atom. The second-order valence-corrected chi connectivity index (χ2v) is 7.49. The summed E-state index contributed by atoms with van der Waals surface area (Å²) in [4.78, 5) is 22.0. The van der Waals surface area contributed by atoms with Crippen molar-refractivity contribution in [1.82, 2.24) is 9.62 Å². The number of carboxylic acids is 1. The number of sulfonamides is 1. The van der Waals surface area contributed by atoms with E-state index in [4.69, 9.17) is 9.84 Å². The molecule has 1 fully saturated rings. The van der Waals surface area contributed by atoms with Gasteiger partial charge in [0.25, 0.3) is 0 Å². The van der Waals surface area contributed by atoms with Gasteiger partial charge in [-0.05, 0) is 24.1 Å². The minimum Gasteiger partial charge on any atom is -0.495 e. The largest absolute Gasteiger partial charge is 0.495 e. The Labute approximate surface area is 140 Å². The molecular weight excluding hydrogens is 336 g/mol. The third-order valence-corrected chi connectivity index (χ3v) is 5.77. The number of hydrogen-bond acceptors (Lipinski definition) is 5. The quantitative estimate of drug-likeness (QED) is 0.764. The Bertz CT molecular complexity index is 746. The van der Waals surface area contributed by atoms with E-state index in [2.05, 4.69) is 5.32 Å². The molecule has 1 amide bonds. The van der Waals surface area contributed by atoms with Crippen LogP contribution >= 0.6 is 0 Å². The number of nitrogens with zero attached hydrogens (tertiary/aromatic N) is 1. The van der Waals surface area contributed by atoms with E-state index in [0.29, 0.717) is 5.56 Å². The van der Waals surface area contributed by atoms with Crippen molar-refractivity contribution in [3.8, 4) is 5.75 Å². The van der Waals surface area contributed by atoms with Gasteiger partial charge in [0.15, 0.2) is 0 Å². The van der Waals surface area contributed by atoms with Gasteiger partial charge in [0, 0.05) is 26.6 Å². The molecule has 1 saturated heterocycles. The van der Waals surface area contributed by atoms with Crippen LogP contribution in [0.1, 0.15) is 18.9 Å². The number of aliphatic carboxylic acids is 1. The zero-order chi connectivity index (χ0) is 17.9. The van der Waals surface area contributed by atoms with Gasteiger partial charge in [0.1, 0.15) is 10.6 Å². The number of ether oxygens (including phenoxy) is 1. The maximum Gasteiger partial charge on any atom is 0.307 e. The van der Waals surface area contributed by atoms with E-state index in [0.717, 1.165) is 4.31 Å². The van der Waals surface area contributed by atoms with E-state index >= 15 is 0 Å². The van der Waals surface area contributed by atoms with Crippen LogP contribution in [0.15, 0.2) is 23.1 Å². The number of methoxy groups -OCH3 is 1. The molecule has 0 bridgehead atoms. The van der Waals surface area contributed by atoms with E-state index in [9.17, 15) is 18.0 Å². The van der Waals surface area contributed by atoms with E-state index in [1.54, 1.807) is 6.07 Å². The van der Waals surface area contributed by atoms with Crippen LogP contribution in [0.3, 0.4) is 0 Å². The molecule has 1 aromatic carbocycles. The fourth-order valence-corrected chi connectivity index (χ4v) is 4.25. The molecule has 1 unspecified atom stereocenters. The minimum absolute atomic E-state index is 0.0288. The van der Waals surface area contributed by atoms with E-state index in [1.807, 2.05) is 0 Å². The predicted molar refractivity (Wildman–Crippen MR) is 85.0 cm³/mol. The molecule has 2 N–H and O–H groups in total. The Hall–Kier alpha value is -2.13. The first kappa shape index (κ1) is 18.2. The first-order valence-corrected chi connectivity index (χ1v) is 8.84. The van der Waals surface area contributed by atoms with Crippen molar-refractivity contribution < 1.29 is 27.9 Å². The van der Waals surface area contributed by atoms with Crippen LogP contribution in [-0.4, -0.2) is 49.9 Å². The molecule has 0 aromatic heterocycles. The lowest BCUT2D eigenvalue weighted by Crippen LogP contribution is -2.30. The summed E-state index contributed by atoms with van der Waals surface area (Å²) in [6, 6.07) is 4.63. The average Bonchev–Trinajstić information content (AvgIpc) is 3.03. The first-order valence-electron chi connectivity index (χ1n) is 7.40. The van der Waals surface area contributed by atoms with Crippen molar-refractivity contribution in [3.05, 3.63) is 23.8 Å². The smallest absolute Gasteiger partial charge is 0.307 e. The summed E-state index contributed by atoms with van der Waals surface area (Å²) in [5, 5.41) is 11.7. The summed E-state index contributed by atoms with van der Waals surface area (Å²) in [5.74, 6) is -1.74. The number of hydrogen-bond donors (Lipinski definition) is 2. The second kappa shape index (κ2) is 7.18. The molecule has 0 aliphatic carbocycles. The number of nitrogens with one attached hydrogen (secondary N) is 1. The highest BCUT2D eigenvalue weighted by atomic mass is 32.2. The summed E-state index contributed by atoms with van der Waals surface area (Å²) in [6.45, 7) is 1.66. The van der Waals surface area contributed by atoms with Gasteiger partial charge >= 0.3 is 5.97 Å². The van der Waals surface area contributed by atoms with Gasteiger partial charge < -0.3 is 15.2 Å². The van der Waals surface area contributed by atoms with Crippen molar-refractivity contribution in [2.45, 2.75) is 24.8 Å². The zero-order valence-electron chi connectivity index (χ0n) is 13.5. The van der Waals surface area contributed by atoms with E-state index in [-0.39, 0.29) is 42.6 Å². The molecule has 1 aliphatic rings. The Morgan fingerprint density at radius 2 is 2.12 bits per heavy atom. The summed E-state index contributed by atoms with van der Waals surface area (Å²) >= 11 is 0. The zero-order valence-corrected chi connectivity index (χ0v) is 14.3.